The number of nitrogens with zero attached hydrogens (tertiary/aromatic N) is 3. The fraction of sp³-hybridized carbons (Fsp3) is 0.533. The summed E-state index contributed by atoms with van der Waals surface area (Å²) in [7, 11) is 0. The van der Waals surface area contributed by atoms with Crippen molar-refractivity contribution in [2.75, 3.05) is 13.2 Å². The molecule has 1 fully saturated rings. The minimum Gasteiger partial charge on any atom is -0.381 e. The van der Waals surface area contributed by atoms with Crippen molar-refractivity contribution in [1.29, 1.82) is 0 Å². The fourth-order valence-electron chi connectivity index (χ4n) is 2.80. The molecule has 25 heavy (non-hydrogen) atoms. The third-order valence-electron chi connectivity index (χ3n) is 4.30. The second-order valence-electron chi connectivity index (χ2n) is 5.95. The first-order valence-electron chi connectivity index (χ1n) is 7.88. The van der Waals surface area contributed by atoms with E-state index < -0.39 is 17.8 Å². The highest BCUT2D eigenvalue weighted by atomic mass is 19.4. The number of nitrogens with one attached hydrogen (secondary N) is 1. The molecule has 2 aromatic heterocycles. The summed E-state index contributed by atoms with van der Waals surface area (Å²) in [4.78, 5) is 12.2. The molecule has 1 aliphatic rings. The SMILES string of the molecule is NC(C(=O)NCc1nnc2ccc(C(F)(F)F)cn12)C1CCOCC1. The van der Waals surface area contributed by atoms with Crippen LogP contribution in [0, 0.1) is 5.92 Å². The van der Waals surface area contributed by atoms with Crippen LogP contribution in [0.4, 0.5) is 13.2 Å². The van der Waals surface area contributed by atoms with E-state index in [4.69, 9.17) is 10.5 Å². The van der Waals surface area contributed by atoms with Crippen LogP contribution in [0.1, 0.15) is 24.2 Å². The number of hydrogen-bond donors (Lipinski definition) is 2. The van der Waals surface area contributed by atoms with Crippen LogP contribution >= 0.6 is 0 Å². The Morgan fingerprint density at radius 2 is 2.08 bits per heavy atom. The molecule has 1 saturated heterocycles. The third-order valence-corrected chi connectivity index (χ3v) is 4.30. The molecular weight excluding hydrogens is 339 g/mol. The van der Waals surface area contributed by atoms with E-state index in [1.54, 1.807) is 0 Å². The van der Waals surface area contributed by atoms with E-state index in [1.807, 2.05) is 0 Å². The van der Waals surface area contributed by atoms with E-state index in [0.717, 1.165) is 12.3 Å². The Kier molecular flexibility index (Phi) is 4.91. The summed E-state index contributed by atoms with van der Waals surface area (Å²) in [5.41, 5.74) is 5.42. The van der Waals surface area contributed by atoms with E-state index in [2.05, 4.69) is 15.5 Å². The van der Waals surface area contributed by atoms with Gasteiger partial charge in [-0.1, -0.05) is 0 Å². The van der Waals surface area contributed by atoms with Crippen LogP contribution in [-0.4, -0.2) is 39.8 Å². The average Bonchev–Trinajstić information content (AvgIpc) is 3.01. The quantitative estimate of drug-likeness (QED) is 0.855. The summed E-state index contributed by atoms with van der Waals surface area (Å²) in [6.07, 6.45) is -2.14. The Morgan fingerprint density at radius 3 is 2.76 bits per heavy atom. The Balaban J connectivity index is 1.69. The van der Waals surface area contributed by atoms with Crippen molar-refractivity contribution in [1.82, 2.24) is 19.9 Å². The maximum absolute atomic E-state index is 12.8. The van der Waals surface area contributed by atoms with Gasteiger partial charge in [0, 0.05) is 19.4 Å². The van der Waals surface area contributed by atoms with Crippen LogP contribution in [-0.2, 0) is 22.3 Å². The first-order chi connectivity index (χ1) is 11.9. The monoisotopic (exact) mass is 357 g/mol. The highest BCUT2D eigenvalue weighted by molar-refractivity contribution is 5.81. The minimum atomic E-state index is -4.47. The number of ether oxygens (including phenoxy) is 1. The highest BCUT2D eigenvalue weighted by Gasteiger charge is 2.31. The zero-order chi connectivity index (χ0) is 18.0. The summed E-state index contributed by atoms with van der Waals surface area (Å²) < 4.78 is 44.9. The molecular formula is C15H18F3N5O2. The zero-order valence-corrected chi connectivity index (χ0v) is 13.3. The van der Waals surface area contributed by atoms with E-state index in [-0.39, 0.29) is 29.8 Å². The van der Waals surface area contributed by atoms with Crippen molar-refractivity contribution in [3.8, 4) is 0 Å². The van der Waals surface area contributed by atoms with Gasteiger partial charge in [-0.15, -0.1) is 10.2 Å². The molecule has 0 aliphatic carbocycles. The number of fused-ring (bicyclic) bond motifs is 1. The topological polar surface area (TPSA) is 94.5 Å². The minimum absolute atomic E-state index is 0.0284. The summed E-state index contributed by atoms with van der Waals surface area (Å²) >= 11 is 0. The van der Waals surface area contributed by atoms with Gasteiger partial charge in [-0.25, -0.2) is 0 Å². The van der Waals surface area contributed by atoms with Crippen molar-refractivity contribution in [3.05, 3.63) is 29.7 Å². The number of alkyl halides is 3. The van der Waals surface area contributed by atoms with Gasteiger partial charge < -0.3 is 15.8 Å². The van der Waals surface area contributed by atoms with E-state index in [0.29, 0.717) is 26.1 Å². The molecule has 1 atom stereocenters. The predicted octanol–water partition coefficient (Wildman–Crippen LogP) is 1.12. The molecule has 3 N–H and O–H groups in total. The molecule has 0 spiro atoms. The first kappa shape index (κ1) is 17.6. The number of halogens is 3. The molecule has 136 valence electrons. The lowest BCUT2D eigenvalue weighted by Crippen LogP contribution is -2.47. The van der Waals surface area contributed by atoms with Crippen molar-refractivity contribution in [3.63, 3.8) is 0 Å². The van der Waals surface area contributed by atoms with Gasteiger partial charge in [0.1, 0.15) is 0 Å². The van der Waals surface area contributed by atoms with Gasteiger partial charge in [0.2, 0.25) is 5.91 Å². The Labute approximate surface area is 141 Å². The first-order valence-corrected chi connectivity index (χ1v) is 7.88. The van der Waals surface area contributed by atoms with Crippen LogP contribution in [0.5, 0.6) is 0 Å². The maximum Gasteiger partial charge on any atom is 0.417 e. The highest BCUT2D eigenvalue weighted by Crippen LogP contribution is 2.29. The number of hydrogen-bond acceptors (Lipinski definition) is 5. The number of amides is 1. The second-order valence-corrected chi connectivity index (χ2v) is 5.95. The molecule has 0 saturated carbocycles. The summed E-state index contributed by atoms with van der Waals surface area (Å²) in [5, 5.41) is 10.3. The van der Waals surface area contributed by atoms with E-state index in [9.17, 15) is 18.0 Å². The Hall–Kier alpha value is -2.20. The standard InChI is InChI=1S/C15H18F3N5O2/c16-15(17,18)10-1-2-11-21-22-12(23(11)8-10)7-20-14(24)13(19)9-3-5-25-6-4-9/h1-2,8-9,13H,3-7,19H2,(H,20,24). The van der Waals surface area contributed by atoms with Crippen LogP contribution in [0.15, 0.2) is 18.3 Å². The lowest BCUT2D eigenvalue weighted by molar-refractivity contribution is -0.137. The summed E-state index contributed by atoms with van der Waals surface area (Å²) in [6.45, 7) is 1.08. The molecule has 1 amide bonds. The number of aromatic nitrogens is 3. The molecule has 2 aromatic rings. The van der Waals surface area contributed by atoms with Gasteiger partial charge in [-0.05, 0) is 30.9 Å². The smallest absolute Gasteiger partial charge is 0.381 e. The van der Waals surface area contributed by atoms with E-state index in [1.165, 1.54) is 10.5 Å². The summed E-state index contributed by atoms with van der Waals surface area (Å²) in [5.74, 6) is -0.134. The fourth-order valence-corrected chi connectivity index (χ4v) is 2.80. The molecule has 3 rings (SSSR count). The number of pyridine rings is 1. The van der Waals surface area contributed by atoms with Gasteiger partial charge in [-0.2, -0.15) is 13.2 Å². The van der Waals surface area contributed by atoms with Crippen LogP contribution in [0.25, 0.3) is 5.65 Å². The molecule has 0 bridgehead atoms. The average molecular weight is 357 g/mol. The lowest BCUT2D eigenvalue weighted by Gasteiger charge is -2.26. The number of rotatable bonds is 4. The summed E-state index contributed by atoms with van der Waals surface area (Å²) in [6, 6.07) is 1.48. The number of carbonyl (C=O) groups is 1. The second kappa shape index (κ2) is 6.96. The lowest BCUT2D eigenvalue weighted by atomic mass is 9.92. The molecule has 1 aliphatic heterocycles. The molecule has 0 aromatic carbocycles. The Morgan fingerprint density at radius 1 is 1.36 bits per heavy atom. The number of nitrogens with two attached hydrogens (primary N) is 1. The van der Waals surface area contributed by atoms with Crippen molar-refractivity contribution < 1.29 is 22.7 Å². The molecule has 1 unspecified atom stereocenters. The van der Waals surface area contributed by atoms with Crippen LogP contribution < -0.4 is 11.1 Å². The van der Waals surface area contributed by atoms with Gasteiger partial charge in [0.05, 0.1) is 18.2 Å². The van der Waals surface area contributed by atoms with Gasteiger partial charge in [-0.3, -0.25) is 9.20 Å². The van der Waals surface area contributed by atoms with Gasteiger partial charge >= 0.3 is 6.18 Å². The van der Waals surface area contributed by atoms with E-state index >= 15 is 0 Å². The van der Waals surface area contributed by atoms with Crippen LogP contribution in [0.3, 0.4) is 0 Å². The van der Waals surface area contributed by atoms with Crippen LogP contribution in [0.2, 0.25) is 0 Å². The predicted molar refractivity (Wildman–Crippen MR) is 81.4 cm³/mol. The molecule has 3 heterocycles. The van der Waals surface area contributed by atoms with Crippen molar-refractivity contribution in [2.24, 2.45) is 11.7 Å². The molecule has 0 radical (unpaired) electrons. The molecule has 7 nitrogen and oxygen atoms in total. The third kappa shape index (κ3) is 3.90. The van der Waals surface area contributed by atoms with Gasteiger partial charge in [0.15, 0.2) is 11.5 Å². The largest absolute Gasteiger partial charge is 0.417 e. The molecule has 10 heteroatoms. The zero-order valence-electron chi connectivity index (χ0n) is 13.3. The van der Waals surface area contributed by atoms with Crippen molar-refractivity contribution in [2.45, 2.75) is 31.6 Å². The van der Waals surface area contributed by atoms with Crippen molar-refractivity contribution >= 4 is 11.6 Å². The van der Waals surface area contributed by atoms with Gasteiger partial charge in [0.25, 0.3) is 0 Å². The Bertz CT molecular complexity index is 755. The normalized spacial score (nSPS) is 17.6. The number of carbonyl (C=O) groups excluding carboxylic acids is 1. The maximum atomic E-state index is 12.8.